The van der Waals surface area contributed by atoms with Gasteiger partial charge in [-0.05, 0) is 47.0 Å². The minimum atomic E-state index is -2.12. The van der Waals surface area contributed by atoms with Gasteiger partial charge in [0.2, 0.25) is 5.82 Å². The Balaban J connectivity index is 2.40. The molecule has 0 bridgehead atoms. The first kappa shape index (κ1) is 27.0. The molecule has 3 nitrogen and oxygen atoms in total. The molecule has 0 aliphatic rings. The molecule has 1 aromatic carbocycles. The summed E-state index contributed by atoms with van der Waals surface area (Å²) in [6.45, 7) is 7.68. The zero-order valence-corrected chi connectivity index (χ0v) is 20.4. The molecule has 0 N–H and O–H groups in total. The highest BCUT2D eigenvalue weighted by atomic mass is 28.2. The van der Waals surface area contributed by atoms with E-state index in [9.17, 15) is 22.0 Å². The number of benzene rings is 1. The minimum absolute atomic E-state index is 0.0420. The second-order valence-electron chi connectivity index (χ2n) is 7.89. The fourth-order valence-corrected chi connectivity index (χ4v) is 3.68. The summed E-state index contributed by atoms with van der Waals surface area (Å²) in [6, 6.07) is 0. The Morgan fingerprint density at radius 1 is 0.667 bits per heavy atom. The summed E-state index contributed by atoms with van der Waals surface area (Å²) in [5.41, 5.74) is -0.739. The van der Waals surface area contributed by atoms with Gasteiger partial charge in [-0.3, -0.25) is 0 Å². The second kappa shape index (κ2) is 12.7. The molecule has 30 heavy (non-hydrogen) atoms. The monoisotopic (exact) mass is 456 g/mol. The van der Waals surface area contributed by atoms with E-state index in [2.05, 4.69) is 0 Å². The van der Waals surface area contributed by atoms with Gasteiger partial charge in [-0.1, -0.05) is 25.7 Å². The van der Waals surface area contributed by atoms with Crippen LogP contribution in [0.5, 0.6) is 0 Å². The fraction of sp³-hybridized carbons (Fsp3) is 0.714. The summed E-state index contributed by atoms with van der Waals surface area (Å²) in [5.74, 6) is -10.4. The quantitative estimate of drug-likeness (QED) is 0.0930. The molecule has 0 radical (unpaired) electrons. The lowest BCUT2D eigenvalue weighted by molar-refractivity contribution is -0.369. The van der Waals surface area contributed by atoms with Gasteiger partial charge in [-0.15, -0.1) is 0 Å². The standard InChI is InChI=1S/C21H33F5O3Si/c1-13(2)27-21(29-30,28-14(3)4)12-10-8-6-5-7-9-11-15-16(22)18(24)20(26)19(25)17(15)23/h13-14H,5-12H2,1-4,30H3. The van der Waals surface area contributed by atoms with Gasteiger partial charge in [-0.2, -0.15) is 0 Å². The first-order valence-corrected chi connectivity index (χ1v) is 11.3. The molecule has 0 unspecified atom stereocenters. The summed E-state index contributed by atoms with van der Waals surface area (Å²) < 4.78 is 84.2. The van der Waals surface area contributed by atoms with Gasteiger partial charge in [0.15, 0.2) is 33.8 Å². The number of unbranched alkanes of at least 4 members (excludes halogenated alkanes) is 5. The molecular formula is C21H33F5O3Si. The van der Waals surface area contributed by atoms with Crippen LogP contribution in [0, 0.1) is 29.1 Å². The van der Waals surface area contributed by atoms with Gasteiger partial charge in [0.25, 0.3) is 5.97 Å². The first-order valence-electron chi connectivity index (χ1n) is 10.5. The van der Waals surface area contributed by atoms with Crippen LogP contribution in [0.15, 0.2) is 0 Å². The average molecular weight is 457 g/mol. The highest BCUT2D eigenvalue weighted by Crippen LogP contribution is 2.27. The lowest BCUT2D eigenvalue weighted by Crippen LogP contribution is -2.42. The van der Waals surface area contributed by atoms with Crippen molar-refractivity contribution < 1.29 is 35.9 Å². The number of hydrogen-bond acceptors (Lipinski definition) is 3. The van der Waals surface area contributed by atoms with Crippen molar-refractivity contribution in [2.75, 3.05) is 0 Å². The van der Waals surface area contributed by atoms with Crippen LogP contribution < -0.4 is 0 Å². The molecule has 1 aromatic rings. The average Bonchev–Trinajstić information content (AvgIpc) is 2.68. The maximum atomic E-state index is 13.7. The van der Waals surface area contributed by atoms with E-state index in [0.29, 0.717) is 29.7 Å². The molecule has 1 rings (SSSR count). The molecule has 9 heteroatoms. The van der Waals surface area contributed by atoms with Crippen molar-refractivity contribution in [3.05, 3.63) is 34.6 Å². The Bertz CT molecular complexity index is 632. The largest absolute Gasteiger partial charge is 0.380 e. The SMILES string of the molecule is CC(C)OC(CCCCCCCCc1c(F)c(F)c(F)c(F)c1F)(O[SiH3])OC(C)C. The van der Waals surface area contributed by atoms with Crippen LogP contribution in [0.4, 0.5) is 22.0 Å². The van der Waals surface area contributed by atoms with E-state index in [0.717, 1.165) is 25.7 Å². The van der Waals surface area contributed by atoms with Crippen molar-refractivity contribution in [2.45, 2.75) is 97.2 Å². The maximum Gasteiger partial charge on any atom is 0.273 e. The van der Waals surface area contributed by atoms with Gasteiger partial charge >= 0.3 is 0 Å². The summed E-state index contributed by atoms with van der Waals surface area (Å²) in [5, 5.41) is 0. The summed E-state index contributed by atoms with van der Waals surface area (Å²) in [6.07, 6.45) is 4.67. The van der Waals surface area contributed by atoms with E-state index in [1.54, 1.807) is 0 Å². The highest BCUT2D eigenvalue weighted by Gasteiger charge is 2.33. The molecule has 0 heterocycles. The van der Waals surface area contributed by atoms with Crippen molar-refractivity contribution in [1.29, 1.82) is 0 Å². The molecule has 0 saturated heterocycles. The zero-order chi connectivity index (χ0) is 22.9. The second-order valence-corrected chi connectivity index (χ2v) is 8.30. The van der Waals surface area contributed by atoms with Gasteiger partial charge in [0, 0.05) is 12.0 Å². The molecule has 174 valence electrons. The minimum Gasteiger partial charge on any atom is -0.380 e. The van der Waals surface area contributed by atoms with E-state index < -0.39 is 40.6 Å². The molecule has 0 atom stereocenters. The molecule has 0 spiro atoms. The van der Waals surface area contributed by atoms with Crippen molar-refractivity contribution in [3.8, 4) is 0 Å². The molecule has 0 saturated carbocycles. The van der Waals surface area contributed by atoms with E-state index in [1.165, 1.54) is 0 Å². The zero-order valence-electron chi connectivity index (χ0n) is 18.4. The summed E-state index contributed by atoms with van der Waals surface area (Å²) >= 11 is 0. The fourth-order valence-electron chi connectivity index (χ4n) is 3.28. The van der Waals surface area contributed by atoms with Crippen LogP contribution in [0.3, 0.4) is 0 Å². The number of halogens is 5. The summed E-state index contributed by atoms with van der Waals surface area (Å²) in [4.78, 5) is 0. The number of ether oxygens (including phenoxy) is 2. The van der Waals surface area contributed by atoms with Gasteiger partial charge in [0.1, 0.15) is 0 Å². The highest BCUT2D eigenvalue weighted by molar-refractivity contribution is 5.98. The molecule has 0 aromatic heterocycles. The topological polar surface area (TPSA) is 27.7 Å². The third kappa shape index (κ3) is 7.90. The molecular weight excluding hydrogens is 423 g/mol. The Morgan fingerprint density at radius 2 is 1.07 bits per heavy atom. The third-order valence-electron chi connectivity index (χ3n) is 4.60. The third-order valence-corrected chi connectivity index (χ3v) is 5.22. The molecule has 0 aliphatic heterocycles. The normalized spacial score (nSPS) is 12.5. The first-order chi connectivity index (χ1) is 14.0. The van der Waals surface area contributed by atoms with Crippen LogP contribution in [0.25, 0.3) is 0 Å². The number of hydrogen-bond donors (Lipinski definition) is 0. The van der Waals surface area contributed by atoms with Crippen molar-refractivity contribution in [1.82, 2.24) is 0 Å². The van der Waals surface area contributed by atoms with Crippen molar-refractivity contribution in [2.24, 2.45) is 0 Å². The van der Waals surface area contributed by atoms with E-state index in [-0.39, 0.29) is 18.6 Å². The smallest absolute Gasteiger partial charge is 0.273 e. The molecule has 0 amide bonds. The van der Waals surface area contributed by atoms with Crippen LogP contribution in [0.2, 0.25) is 0 Å². The van der Waals surface area contributed by atoms with Gasteiger partial charge in [0.05, 0.1) is 12.2 Å². The van der Waals surface area contributed by atoms with E-state index in [1.807, 2.05) is 27.7 Å². The van der Waals surface area contributed by atoms with Crippen LogP contribution >= 0.6 is 0 Å². The Morgan fingerprint density at radius 3 is 1.50 bits per heavy atom. The van der Waals surface area contributed by atoms with Crippen molar-refractivity contribution >= 4 is 10.5 Å². The van der Waals surface area contributed by atoms with E-state index >= 15 is 0 Å². The Labute approximate surface area is 178 Å². The predicted molar refractivity (Wildman–Crippen MR) is 108 cm³/mol. The predicted octanol–water partition coefficient (Wildman–Crippen LogP) is 5.46. The van der Waals surface area contributed by atoms with Gasteiger partial charge < -0.3 is 13.9 Å². The van der Waals surface area contributed by atoms with Crippen molar-refractivity contribution in [3.63, 3.8) is 0 Å². The van der Waals surface area contributed by atoms with Crippen LogP contribution in [-0.2, 0) is 20.3 Å². The lowest BCUT2D eigenvalue weighted by atomic mass is 10.0. The Kier molecular flexibility index (Phi) is 11.5. The van der Waals surface area contributed by atoms with Crippen LogP contribution in [-0.4, -0.2) is 28.7 Å². The van der Waals surface area contributed by atoms with Crippen LogP contribution in [0.1, 0.15) is 78.2 Å². The Hall–Kier alpha value is -1.03. The molecule has 0 fully saturated rings. The van der Waals surface area contributed by atoms with Gasteiger partial charge in [-0.25, -0.2) is 22.0 Å². The maximum absolute atomic E-state index is 13.7. The number of rotatable bonds is 14. The lowest BCUT2D eigenvalue weighted by Gasteiger charge is -2.36. The van der Waals surface area contributed by atoms with E-state index in [4.69, 9.17) is 13.9 Å². The molecule has 0 aliphatic carbocycles. The summed E-state index contributed by atoms with van der Waals surface area (Å²) in [7, 11) is 0.473.